The third kappa shape index (κ3) is 5.44. The van der Waals surface area contributed by atoms with Crippen molar-refractivity contribution in [2.24, 2.45) is 5.92 Å². The summed E-state index contributed by atoms with van der Waals surface area (Å²) in [5, 5.41) is 8.57. The van der Waals surface area contributed by atoms with Gasteiger partial charge in [-0.15, -0.1) is 12.3 Å². The summed E-state index contributed by atoms with van der Waals surface area (Å²) in [5.74, 6) is 0.475. The summed E-state index contributed by atoms with van der Waals surface area (Å²) < 4.78 is 10.1. The van der Waals surface area contributed by atoms with Gasteiger partial charge in [-0.2, -0.15) is 0 Å². The Hall–Kier alpha value is -4.00. The number of H-pyrrole nitrogens is 1. The van der Waals surface area contributed by atoms with Gasteiger partial charge >= 0.3 is 5.97 Å². The number of terminal acetylenes is 1. The molecule has 1 saturated heterocycles. The van der Waals surface area contributed by atoms with Crippen molar-refractivity contribution >= 4 is 34.6 Å². The zero-order chi connectivity index (χ0) is 24.0. The molecule has 0 radical (unpaired) electrons. The maximum Gasteiger partial charge on any atom is 0.328 e. The number of aromatic nitrogens is 1. The van der Waals surface area contributed by atoms with E-state index >= 15 is 0 Å². The second-order valence-corrected chi connectivity index (χ2v) is 7.64. The highest BCUT2D eigenvalue weighted by Crippen LogP contribution is 2.26. The summed E-state index contributed by atoms with van der Waals surface area (Å²) in [6.45, 7) is 0.510. The fourth-order valence-corrected chi connectivity index (χ4v) is 3.77. The number of amides is 3. The zero-order valence-corrected chi connectivity index (χ0v) is 18.4. The average Bonchev–Trinajstić information content (AvgIpc) is 3.43. The highest BCUT2D eigenvalue weighted by Gasteiger charge is 2.33. The van der Waals surface area contributed by atoms with Crippen molar-refractivity contribution < 1.29 is 28.7 Å². The van der Waals surface area contributed by atoms with Gasteiger partial charge in [0.1, 0.15) is 23.5 Å². The van der Waals surface area contributed by atoms with Gasteiger partial charge < -0.3 is 30.4 Å². The highest BCUT2D eigenvalue weighted by atomic mass is 16.5. The molecule has 33 heavy (non-hydrogen) atoms. The Morgan fingerprint density at radius 1 is 1.24 bits per heavy atom. The molecule has 10 nitrogen and oxygen atoms in total. The second kappa shape index (κ2) is 10.5. The molecule has 0 aliphatic carbocycles. The number of fused-ring (bicyclic) bond motifs is 1. The standard InChI is InChI=1S/C23H26N4O6/c1-4-6-16(21(29)27-18(23(31)33-3)11-13-9-10-24-20(13)28)26-22(30)17-12-14-15(25-17)7-5-8-19(14)32-2/h1,5,7-8,12-13,16,18,25H,6,9-11H2,2-3H3,(H,24,28)(H,26,30)(H,27,29)/t13-,16-,18-/m0/s1. The summed E-state index contributed by atoms with van der Waals surface area (Å²) in [5.41, 5.74) is 0.912. The van der Waals surface area contributed by atoms with Crippen LogP contribution in [0.3, 0.4) is 0 Å². The molecule has 0 unspecified atom stereocenters. The molecule has 3 rings (SSSR count). The molecule has 0 saturated carbocycles. The fraction of sp³-hybridized carbons (Fsp3) is 0.391. The predicted octanol–water partition coefficient (Wildman–Crippen LogP) is 0.482. The lowest BCUT2D eigenvalue weighted by molar-refractivity contribution is -0.146. The molecule has 1 aromatic carbocycles. The van der Waals surface area contributed by atoms with E-state index in [4.69, 9.17) is 15.9 Å². The van der Waals surface area contributed by atoms with E-state index in [0.717, 1.165) is 0 Å². The number of methoxy groups -OCH3 is 2. The van der Waals surface area contributed by atoms with Crippen LogP contribution in [-0.4, -0.2) is 61.5 Å². The Morgan fingerprint density at radius 3 is 2.67 bits per heavy atom. The van der Waals surface area contributed by atoms with E-state index in [1.54, 1.807) is 24.3 Å². The monoisotopic (exact) mass is 454 g/mol. The van der Waals surface area contributed by atoms with Crippen molar-refractivity contribution in [3.8, 4) is 18.1 Å². The second-order valence-electron chi connectivity index (χ2n) is 7.64. The van der Waals surface area contributed by atoms with Gasteiger partial charge in [-0.1, -0.05) is 6.07 Å². The summed E-state index contributed by atoms with van der Waals surface area (Å²) in [7, 11) is 2.73. The van der Waals surface area contributed by atoms with Gasteiger partial charge in [0.2, 0.25) is 11.8 Å². The molecule has 1 aliphatic rings. The van der Waals surface area contributed by atoms with Crippen molar-refractivity contribution in [3.05, 3.63) is 30.0 Å². The van der Waals surface area contributed by atoms with Gasteiger partial charge in [-0.25, -0.2) is 4.79 Å². The summed E-state index contributed by atoms with van der Waals surface area (Å²) >= 11 is 0. The van der Waals surface area contributed by atoms with E-state index in [0.29, 0.717) is 29.6 Å². The largest absolute Gasteiger partial charge is 0.496 e. The Bertz CT molecular complexity index is 1100. The average molecular weight is 454 g/mol. The van der Waals surface area contributed by atoms with E-state index < -0.39 is 35.8 Å². The first-order valence-electron chi connectivity index (χ1n) is 10.4. The van der Waals surface area contributed by atoms with Crippen LogP contribution in [0.25, 0.3) is 10.9 Å². The Balaban J connectivity index is 1.73. The quantitative estimate of drug-likeness (QED) is 0.321. The molecule has 1 fully saturated rings. The number of carbonyl (C=O) groups is 4. The van der Waals surface area contributed by atoms with Crippen LogP contribution < -0.4 is 20.7 Å². The number of nitrogens with one attached hydrogen (secondary N) is 4. The molecule has 0 spiro atoms. The van der Waals surface area contributed by atoms with E-state index in [9.17, 15) is 19.2 Å². The first-order chi connectivity index (χ1) is 15.9. The lowest BCUT2D eigenvalue weighted by atomic mass is 9.98. The number of aromatic amines is 1. The summed E-state index contributed by atoms with van der Waals surface area (Å²) in [4.78, 5) is 52.8. The molecule has 4 N–H and O–H groups in total. The van der Waals surface area contributed by atoms with E-state index in [1.165, 1.54) is 14.2 Å². The lowest BCUT2D eigenvalue weighted by Crippen LogP contribution is -2.52. The molecular weight excluding hydrogens is 428 g/mol. The molecule has 3 atom stereocenters. The maximum atomic E-state index is 12.9. The molecule has 2 aromatic rings. The predicted molar refractivity (Wildman–Crippen MR) is 119 cm³/mol. The van der Waals surface area contributed by atoms with E-state index in [1.807, 2.05) is 0 Å². The highest BCUT2D eigenvalue weighted by molar-refractivity contribution is 6.01. The van der Waals surface area contributed by atoms with Gasteiger partial charge in [0, 0.05) is 29.8 Å². The smallest absolute Gasteiger partial charge is 0.328 e. The Labute approximate surface area is 190 Å². The lowest BCUT2D eigenvalue weighted by Gasteiger charge is -2.22. The Kier molecular flexibility index (Phi) is 7.56. The maximum absolute atomic E-state index is 12.9. The molecule has 10 heteroatoms. The van der Waals surface area contributed by atoms with Gasteiger partial charge in [0.25, 0.3) is 5.91 Å². The van der Waals surface area contributed by atoms with Crippen molar-refractivity contribution in [2.75, 3.05) is 20.8 Å². The Morgan fingerprint density at radius 2 is 2.03 bits per heavy atom. The van der Waals surface area contributed by atoms with Gasteiger partial charge in [-0.05, 0) is 31.0 Å². The first kappa shape index (κ1) is 23.7. The third-order valence-corrected chi connectivity index (χ3v) is 5.52. The van der Waals surface area contributed by atoms with E-state index in [-0.39, 0.29) is 24.4 Å². The number of hydrogen-bond donors (Lipinski definition) is 4. The van der Waals surface area contributed by atoms with Crippen molar-refractivity contribution in [2.45, 2.75) is 31.3 Å². The molecule has 0 bridgehead atoms. The zero-order valence-electron chi connectivity index (χ0n) is 18.4. The molecule has 1 aromatic heterocycles. The van der Waals surface area contributed by atoms with Crippen LogP contribution in [0.15, 0.2) is 24.3 Å². The van der Waals surface area contributed by atoms with Crippen molar-refractivity contribution in [1.29, 1.82) is 0 Å². The van der Waals surface area contributed by atoms with Crippen LogP contribution in [0.2, 0.25) is 0 Å². The van der Waals surface area contributed by atoms with Crippen LogP contribution in [0.1, 0.15) is 29.8 Å². The minimum Gasteiger partial charge on any atom is -0.496 e. The molecule has 1 aliphatic heterocycles. The van der Waals surface area contributed by atoms with Crippen molar-refractivity contribution in [1.82, 2.24) is 20.9 Å². The van der Waals surface area contributed by atoms with Gasteiger partial charge in [-0.3, -0.25) is 14.4 Å². The van der Waals surface area contributed by atoms with Crippen molar-refractivity contribution in [3.63, 3.8) is 0 Å². The van der Waals surface area contributed by atoms with E-state index in [2.05, 4.69) is 26.9 Å². The number of ether oxygens (including phenoxy) is 2. The SMILES string of the molecule is C#CC[C@H](NC(=O)c1cc2c(OC)cccc2[nH]1)C(=O)N[C@@H](C[C@@H]1CCNC1=O)C(=O)OC. The van der Waals surface area contributed by atoms with Gasteiger partial charge in [0.05, 0.1) is 14.2 Å². The fourth-order valence-electron chi connectivity index (χ4n) is 3.77. The van der Waals surface area contributed by atoms with Gasteiger partial charge in [0.15, 0.2) is 0 Å². The first-order valence-corrected chi connectivity index (χ1v) is 10.4. The third-order valence-electron chi connectivity index (χ3n) is 5.52. The van der Waals surface area contributed by atoms with Crippen LogP contribution in [0, 0.1) is 18.3 Å². The normalized spacial score (nSPS) is 16.9. The number of hydrogen-bond acceptors (Lipinski definition) is 6. The van der Waals surface area contributed by atoms with Crippen LogP contribution in [-0.2, 0) is 19.1 Å². The molecule has 174 valence electrons. The number of benzene rings is 1. The molecule has 2 heterocycles. The minimum atomic E-state index is -1.10. The van der Waals surface area contributed by atoms with Crippen LogP contribution >= 0.6 is 0 Å². The van der Waals surface area contributed by atoms with Crippen LogP contribution in [0.4, 0.5) is 0 Å². The number of rotatable bonds is 9. The summed E-state index contributed by atoms with van der Waals surface area (Å²) in [6, 6.07) is 4.81. The topological polar surface area (TPSA) is 139 Å². The summed E-state index contributed by atoms with van der Waals surface area (Å²) in [6.07, 6.45) is 5.94. The van der Waals surface area contributed by atoms with Crippen LogP contribution in [0.5, 0.6) is 5.75 Å². The molecular formula is C23H26N4O6. The minimum absolute atomic E-state index is 0.0861. The molecule has 3 amide bonds. The number of carbonyl (C=O) groups excluding carboxylic acids is 4. The number of esters is 1.